The van der Waals surface area contributed by atoms with Crippen LogP contribution in [0.3, 0.4) is 0 Å². The van der Waals surface area contributed by atoms with Gasteiger partial charge in [-0.2, -0.15) is 0 Å². The van der Waals surface area contributed by atoms with Crippen LogP contribution in [-0.2, 0) is 9.47 Å². The fourth-order valence-electron chi connectivity index (χ4n) is 2.30. The van der Waals surface area contributed by atoms with Gasteiger partial charge in [-0.05, 0) is 24.3 Å². The number of methoxy groups -OCH3 is 1. The van der Waals surface area contributed by atoms with Gasteiger partial charge in [0.1, 0.15) is 35.9 Å². The predicted octanol–water partition coefficient (Wildman–Crippen LogP) is 0.0842. The second-order valence-corrected chi connectivity index (χ2v) is 5.09. The Bertz CT molecular complexity index is 490. The molecule has 5 atom stereocenters. The van der Waals surface area contributed by atoms with Crippen LogP contribution in [0.1, 0.15) is 0 Å². The summed E-state index contributed by atoms with van der Waals surface area (Å²) in [5.74, 6) is 1.15. The maximum absolute atomic E-state index is 10.2. The number of rotatable bonds is 7. The predicted molar refractivity (Wildman–Crippen MR) is 81.3 cm³/mol. The van der Waals surface area contributed by atoms with Crippen LogP contribution < -0.4 is 9.47 Å². The van der Waals surface area contributed by atoms with E-state index in [9.17, 15) is 15.3 Å². The van der Waals surface area contributed by atoms with Crippen LogP contribution in [0.15, 0.2) is 36.9 Å². The molecule has 3 N–H and O–H groups in total. The van der Waals surface area contributed by atoms with Crippen LogP contribution in [0.5, 0.6) is 11.5 Å². The number of aliphatic hydroxyl groups is 3. The number of ether oxygens (including phenoxy) is 4. The summed E-state index contributed by atoms with van der Waals surface area (Å²) < 4.78 is 21.7. The van der Waals surface area contributed by atoms with Gasteiger partial charge in [0.05, 0.1) is 20.3 Å². The van der Waals surface area contributed by atoms with Crippen LogP contribution in [0.2, 0.25) is 0 Å². The monoisotopic (exact) mass is 326 g/mol. The minimum absolute atomic E-state index is 0.157. The first kappa shape index (κ1) is 17.7. The third kappa shape index (κ3) is 4.21. The Morgan fingerprint density at radius 1 is 1.17 bits per heavy atom. The van der Waals surface area contributed by atoms with E-state index < -0.39 is 37.3 Å². The molecule has 1 fully saturated rings. The van der Waals surface area contributed by atoms with Crippen molar-refractivity contribution in [2.75, 3.05) is 20.3 Å². The summed E-state index contributed by atoms with van der Waals surface area (Å²) in [5, 5.41) is 29.4. The highest BCUT2D eigenvalue weighted by molar-refractivity contribution is 5.31. The Hall–Kier alpha value is -1.64. The smallest absolute Gasteiger partial charge is 0.229 e. The lowest BCUT2D eigenvalue weighted by Gasteiger charge is -2.41. The number of benzene rings is 1. The van der Waals surface area contributed by atoms with Gasteiger partial charge in [0.15, 0.2) is 0 Å². The Kier molecular flexibility index (Phi) is 6.37. The van der Waals surface area contributed by atoms with Crippen LogP contribution >= 0.6 is 0 Å². The Morgan fingerprint density at radius 2 is 1.83 bits per heavy atom. The lowest BCUT2D eigenvalue weighted by Crippen LogP contribution is -2.60. The van der Waals surface area contributed by atoms with Crippen molar-refractivity contribution in [3.05, 3.63) is 36.9 Å². The third-order valence-corrected chi connectivity index (χ3v) is 3.54. The molecule has 23 heavy (non-hydrogen) atoms. The van der Waals surface area contributed by atoms with Gasteiger partial charge in [0, 0.05) is 0 Å². The molecular formula is C16H22O7. The van der Waals surface area contributed by atoms with Gasteiger partial charge < -0.3 is 34.3 Å². The van der Waals surface area contributed by atoms with Crippen LogP contribution in [0, 0.1) is 0 Å². The third-order valence-electron chi connectivity index (χ3n) is 3.54. The summed E-state index contributed by atoms with van der Waals surface area (Å²) in [6, 6.07) is 6.79. The van der Waals surface area contributed by atoms with Crippen molar-refractivity contribution < 1.29 is 34.3 Å². The van der Waals surface area contributed by atoms with Gasteiger partial charge in [-0.1, -0.05) is 6.08 Å². The van der Waals surface area contributed by atoms with E-state index >= 15 is 0 Å². The second-order valence-electron chi connectivity index (χ2n) is 5.09. The summed E-state index contributed by atoms with van der Waals surface area (Å²) in [5.41, 5.74) is 0. The van der Waals surface area contributed by atoms with Gasteiger partial charge in [-0.25, -0.2) is 0 Å². The SMILES string of the molecule is C=CCO[C@H]1[C@H](Oc2ccc(OC)cc2)O[C@H](CO)[C@H](O)[C@@H]1O. The summed E-state index contributed by atoms with van der Waals surface area (Å²) in [7, 11) is 1.56. The maximum Gasteiger partial charge on any atom is 0.229 e. The van der Waals surface area contributed by atoms with E-state index in [0.29, 0.717) is 11.5 Å². The Morgan fingerprint density at radius 3 is 2.39 bits per heavy atom. The Labute approximate surface area is 134 Å². The zero-order valence-electron chi connectivity index (χ0n) is 12.9. The van der Waals surface area contributed by atoms with Gasteiger partial charge >= 0.3 is 0 Å². The maximum atomic E-state index is 10.2. The summed E-state index contributed by atoms with van der Waals surface area (Å²) in [4.78, 5) is 0. The highest BCUT2D eigenvalue weighted by Gasteiger charge is 2.46. The second kappa shape index (κ2) is 8.28. The minimum Gasteiger partial charge on any atom is -0.497 e. The summed E-state index contributed by atoms with van der Waals surface area (Å²) in [6.07, 6.45) is -3.89. The molecule has 0 spiro atoms. The van der Waals surface area contributed by atoms with Crippen molar-refractivity contribution in [3.63, 3.8) is 0 Å². The highest BCUT2D eigenvalue weighted by atomic mass is 16.7. The molecule has 0 amide bonds. The lowest BCUT2D eigenvalue weighted by molar-refractivity contribution is -0.285. The molecule has 1 saturated heterocycles. The number of aliphatic hydroxyl groups excluding tert-OH is 3. The highest BCUT2D eigenvalue weighted by Crippen LogP contribution is 2.27. The van der Waals surface area contributed by atoms with E-state index in [1.54, 1.807) is 31.4 Å². The van der Waals surface area contributed by atoms with E-state index in [2.05, 4.69) is 6.58 Å². The van der Waals surface area contributed by atoms with E-state index in [-0.39, 0.29) is 6.61 Å². The molecule has 128 valence electrons. The largest absolute Gasteiger partial charge is 0.497 e. The van der Waals surface area contributed by atoms with E-state index in [4.69, 9.17) is 18.9 Å². The lowest BCUT2D eigenvalue weighted by atomic mass is 9.99. The van der Waals surface area contributed by atoms with Gasteiger partial charge in [-0.3, -0.25) is 0 Å². The van der Waals surface area contributed by atoms with E-state index in [1.165, 1.54) is 6.08 Å². The standard InChI is InChI=1S/C16H22O7/c1-3-8-21-15-14(19)13(18)12(9-17)23-16(15)22-11-6-4-10(20-2)5-7-11/h3-7,12-19H,1,8-9H2,2H3/t12-,13+,14+,15-,16-/m1/s1. The molecule has 1 heterocycles. The van der Waals surface area contributed by atoms with Crippen molar-refractivity contribution >= 4 is 0 Å². The summed E-state index contributed by atoms with van der Waals surface area (Å²) >= 11 is 0. The molecule has 1 aromatic carbocycles. The zero-order chi connectivity index (χ0) is 16.8. The van der Waals surface area contributed by atoms with Crippen molar-refractivity contribution in [1.82, 2.24) is 0 Å². The molecule has 0 bridgehead atoms. The molecule has 0 saturated carbocycles. The number of hydrogen-bond donors (Lipinski definition) is 3. The molecule has 7 nitrogen and oxygen atoms in total. The molecule has 2 rings (SSSR count). The molecule has 1 aliphatic rings. The van der Waals surface area contributed by atoms with E-state index in [0.717, 1.165) is 0 Å². The summed E-state index contributed by atoms with van der Waals surface area (Å²) in [6.45, 7) is 3.25. The normalized spacial score (nSPS) is 30.7. The fourth-order valence-corrected chi connectivity index (χ4v) is 2.30. The van der Waals surface area contributed by atoms with Crippen molar-refractivity contribution in [3.8, 4) is 11.5 Å². The average molecular weight is 326 g/mol. The molecule has 0 unspecified atom stereocenters. The molecule has 1 aromatic rings. The first-order chi connectivity index (χ1) is 11.1. The van der Waals surface area contributed by atoms with E-state index in [1.807, 2.05) is 0 Å². The molecule has 1 aliphatic heterocycles. The van der Waals surface area contributed by atoms with Crippen LogP contribution in [0.25, 0.3) is 0 Å². The first-order valence-electron chi connectivity index (χ1n) is 7.26. The van der Waals surface area contributed by atoms with Crippen molar-refractivity contribution in [1.29, 1.82) is 0 Å². The minimum atomic E-state index is -1.27. The topological polar surface area (TPSA) is 97.6 Å². The fraction of sp³-hybridized carbons (Fsp3) is 0.500. The zero-order valence-corrected chi connectivity index (χ0v) is 12.9. The molecule has 7 heteroatoms. The van der Waals surface area contributed by atoms with Gasteiger partial charge in [-0.15, -0.1) is 6.58 Å². The molecule has 0 radical (unpaired) electrons. The number of hydrogen-bond acceptors (Lipinski definition) is 7. The van der Waals surface area contributed by atoms with Crippen molar-refractivity contribution in [2.24, 2.45) is 0 Å². The molecular weight excluding hydrogens is 304 g/mol. The van der Waals surface area contributed by atoms with Crippen LogP contribution in [0.4, 0.5) is 0 Å². The van der Waals surface area contributed by atoms with Gasteiger partial charge in [0.25, 0.3) is 0 Å². The molecule has 0 aliphatic carbocycles. The van der Waals surface area contributed by atoms with Crippen LogP contribution in [-0.4, -0.2) is 66.3 Å². The van der Waals surface area contributed by atoms with Crippen molar-refractivity contribution in [2.45, 2.75) is 30.7 Å². The quantitative estimate of drug-likeness (QED) is 0.611. The Balaban J connectivity index is 2.14. The molecule has 0 aromatic heterocycles. The van der Waals surface area contributed by atoms with Gasteiger partial charge in [0.2, 0.25) is 6.29 Å². The first-order valence-corrected chi connectivity index (χ1v) is 7.26. The average Bonchev–Trinajstić information content (AvgIpc) is 2.58.